The maximum atomic E-state index is 11.1. The minimum Gasteiger partial charge on any atom is -0.355 e. The number of rotatable bonds is 4. The van der Waals surface area contributed by atoms with E-state index in [-0.39, 0.29) is 5.91 Å². The number of hydrogen-bond acceptors (Lipinski definition) is 2. The summed E-state index contributed by atoms with van der Waals surface area (Å²) in [5.74, 6) is 1.05. The Kier molecular flexibility index (Phi) is 6.03. The van der Waals surface area contributed by atoms with Crippen LogP contribution in [0.3, 0.4) is 0 Å². The van der Waals surface area contributed by atoms with Crippen molar-refractivity contribution in [1.29, 1.82) is 0 Å². The van der Waals surface area contributed by atoms with E-state index in [4.69, 9.17) is 0 Å². The van der Waals surface area contributed by atoms with Crippen molar-refractivity contribution < 1.29 is 4.79 Å². The summed E-state index contributed by atoms with van der Waals surface area (Å²) in [4.78, 5) is 11.1. The Morgan fingerprint density at radius 1 is 1.55 bits per heavy atom. The zero-order valence-corrected chi connectivity index (χ0v) is 8.12. The fraction of sp³-hybridized carbons (Fsp3) is 0.625. The van der Waals surface area contributed by atoms with Crippen LogP contribution in [0.5, 0.6) is 0 Å². The smallest absolute Gasteiger partial charge is 0.247 e. The van der Waals surface area contributed by atoms with Crippen molar-refractivity contribution in [3.05, 3.63) is 11.0 Å². The van der Waals surface area contributed by atoms with Gasteiger partial charge in [-0.3, -0.25) is 4.79 Å². The lowest BCUT2D eigenvalue weighted by molar-refractivity contribution is -0.117. The van der Waals surface area contributed by atoms with Gasteiger partial charge in [0.2, 0.25) is 5.91 Å². The van der Waals surface area contributed by atoms with Gasteiger partial charge in [0.25, 0.3) is 0 Å². The number of carbonyl (C=O) groups excluding carboxylic acids is 1. The number of carbonyl (C=O) groups is 1. The summed E-state index contributed by atoms with van der Waals surface area (Å²) in [6.45, 7) is 4.05. The largest absolute Gasteiger partial charge is 0.355 e. The predicted molar refractivity (Wildman–Crippen MR) is 50.6 cm³/mol. The van der Waals surface area contributed by atoms with Gasteiger partial charge in [0.05, 0.1) is 0 Å². The van der Waals surface area contributed by atoms with Crippen molar-refractivity contribution in [3.63, 3.8) is 0 Å². The lowest BCUT2D eigenvalue weighted by Gasteiger charge is -2.00. The normalized spacial score (nSPS) is 11.4. The summed E-state index contributed by atoms with van der Waals surface area (Å²) < 4.78 is 0. The monoisotopic (exact) mass is 173 g/mol. The molecule has 2 nitrogen and oxygen atoms in total. The lowest BCUT2D eigenvalue weighted by Crippen LogP contribution is -2.19. The molecule has 0 aliphatic rings. The van der Waals surface area contributed by atoms with Crippen LogP contribution in [0.4, 0.5) is 0 Å². The first-order chi connectivity index (χ1) is 5.26. The molecule has 0 fully saturated rings. The molecule has 0 heterocycles. The molecule has 0 aromatic rings. The average Bonchev–Trinajstić information content (AvgIpc) is 2.05. The Bertz CT molecular complexity index is 154. The number of hydrogen-bond donors (Lipinski definition) is 1. The molecule has 0 aromatic carbocycles. The van der Waals surface area contributed by atoms with Crippen molar-refractivity contribution in [1.82, 2.24) is 5.32 Å². The summed E-state index contributed by atoms with van der Waals surface area (Å²) in [6.07, 6.45) is 0.798. The fourth-order valence-corrected chi connectivity index (χ4v) is 1.28. The molecule has 0 atom stereocenters. The molecule has 64 valence electrons. The third kappa shape index (κ3) is 4.09. The highest BCUT2D eigenvalue weighted by atomic mass is 32.2. The fourth-order valence-electron chi connectivity index (χ4n) is 0.642. The highest BCUT2D eigenvalue weighted by Gasteiger charge is 2.02. The van der Waals surface area contributed by atoms with Crippen LogP contribution in [0, 0.1) is 0 Å². The van der Waals surface area contributed by atoms with Gasteiger partial charge in [0.1, 0.15) is 0 Å². The van der Waals surface area contributed by atoms with Crippen LogP contribution in [0.1, 0.15) is 20.3 Å². The molecule has 0 aliphatic heterocycles. The van der Waals surface area contributed by atoms with E-state index in [0.717, 1.165) is 17.7 Å². The third-order valence-electron chi connectivity index (χ3n) is 1.29. The Balaban J connectivity index is 4.03. The van der Waals surface area contributed by atoms with E-state index >= 15 is 0 Å². The summed E-state index contributed by atoms with van der Waals surface area (Å²) in [6, 6.07) is 0. The van der Waals surface area contributed by atoms with Crippen LogP contribution in [0.2, 0.25) is 0 Å². The second-order valence-corrected chi connectivity index (χ2v) is 3.18. The molecule has 0 bridgehead atoms. The second kappa shape index (κ2) is 6.28. The van der Waals surface area contributed by atoms with Crippen molar-refractivity contribution in [2.45, 2.75) is 20.3 Å². The van der Waals surface area contributed by atoms with Gasteiger partial charge in [0.15, 0.2) is 0 Å². The summed E-state index contributed by atoms with van der Waals surface area (Å²) >= 11 is 1.66. The van der Waals surface area contributed by atoms with Crippen LogP contribution in [0.15, 0.2) is 11.0 Å². The standard InChI is InChI=1S/C8H15NOS/c1-4-7(6-11-5-2)8(10)9-3/h6H,4-5H2,1-3H3,(H,9,10)/b7-6+. The molecule has 1 amide bonds. The van der Waals surface area contributed by atoms with Gasteiger partial charge in [-0.2, -0.15) is 0 Å². The molecular formula is C8H15NOS. The molecule has 3 heteroatoms. The summed E-state index contributed by atoms with van der Waals surface area (Å²) in [5, 5.41) is 4.53. The Morgan fingerprint density at radius 3 is 2.55 bits per heavy atom. The number of amides is 1. The van der Waals surface area contributed by atoms with Gasteiger partial charge in [-0.1, -0.05) is 13.8 Å². The molecule has 0 rings (SSSR count). The molecule has 0 radical (unpaired) electrons. The first-order valence-electron chi connectivity index (χ1n) is 3.78. The van der Waals surface area contributed by atoms with Gasteiger partial charge in [-0.15, -0.1) is 11.8 Å². The van der Waals surface area contributed by atoms with Gasteiger partial charge in [-0.05, 0) is 17.6 Å². The van der Waals surface area contributed by atoms with Gasteiger partial charge in [-0.25, -0.2) is 0 Å². The quantitative estimate of drug-likeness (QED) is 0.657. The van der Waals surface area contributed by atoms with Crippen LogP contribution in [-0.4, -0.2) is 18.7 Å². The van der Waals surface area contributed by atoms with E-state index in [0.29, 0.717) is 0 Å². The maximum Gasteiger partial charge on any atom is 0.247 e. The third-order valence-corrected chi connectivity index (χ3v) is 2.08. The lowest BCUT2D eigenvalue weighted by atomic mass is 10.2. The van der Waals surface area contributed by atoms with E-state index in [1.54, 1.807) is 18.8 Å². The molecule has 0 aliphatic carbocycles. The predicted octanol–water partition coefficient (Wildman–Crippen LogP) is 1.78. The van der Waals surface area contributed by atoms with Crippen LogP contribution < -0.4 is 5.32 Å². The molecule has 0 unspecified atom stereocenters. The van der Waals surface area contributed by atoms with Crippen molar-refractivity contribution in [3.8, 4) is 0 Å². The van der Waals surface area contributed by atoms with E-state index in [2.05, 4.69) is 12.2 Å². The van der Waals surface area contributed by atoms with E-state index in [1.165, 1.54) is 0 Å². The first kappa shape index (κ1) is 10.6. The Hall–Kier alpha value is -0.440. The van der Waals surface area contributed by atoms with Gasteiger partial charge >= 0.3 is 0 Å². The molecular weight excluding hydrogens is 158 g/mol. The minimum atomic E-state index is 0.0356. The van der Waals surface area contributed by atoms with Crippen molar-refractivity contribution >= 4 is 17.7 Å². The number of thioether (sulfide) groups is 1. The Morgan fingerprint density at radius 2 is 2.18 bits per heavy atom. The van der Waals surface area contributed by atoms with Crippen LogP contribution >= 0.6 is 11.8 Å². The molecule has 11 heavy (non-hydrogen) atoms. The van der Waals surface area contributed by atoms with Gasteiger partial charge < -0.3 is 5.32 Å². The molecule has 0 saturated heterocycles. The highest BCUT2D eigenvalue weighted by molar-refractivity contribution is 8.02. The zero-order valence-electron chi connectivity index (χ0n) is 7.31. The minimum absolute atomic E-state index is 0.0356. The average molecular weight is 173 g/mol. The van der Waals surface area contributed by atoms with Crippen LogP contribution in [-0.2, 0) is 4.79 Å². The maximum absolute atomic E-state index is 11.1. The van der Waals surface area contributed by atoms with Crippen molar-refractivity contribution in [2.24, 2.45) is 0 Å². The van der Waals surface area contributed by atoms with Gasteiger partial charge in [0, 0.05) is 12.6 Å². The number of likely N-dealkylation sites (N-methyl/N-ethyl adjacent to an activating group) is 1. The highest BCUT2D eigenvalue weighted by Crippen LogP contribution is 2.09. The zero-order chi connectivity index (χ0) is 8.69. The number of nitrogens with one attached hydrogen (secondary N) is 1. The van der Waals surface area contributed by atoms with Crippen molar-refractivity contribution in [2.75, 3.05) is 12.8 Å². The summed E-state index contributed by atoms with van der Waals surface area (Å²) in [5.41, 5.74) is 0.861. The summed E-state index contributed by atoms with van der Waals surface area (Å²) in [7, 11) is 1.66. The molecule has 0 aromatic heterocycles. The van der Waals surface area contributed by atoms with E-state index < -0.39 is 0 Å². The first-order valence-corrected chi connectivity index (χ1v) is 4.83. The SMILES string of the molecule is CCS/C=C(\CC)C(=O)NC. The van der Waals surface area contributed by atoms with Crippen LogP contribution in [0.25, 0.3) is 0 Å². The van der Waals surface area contributed by atoms with E-state index in [9.17, 15) is 4.79 Å². The second-order valence-electron chi connectivity index (χ2n) is 2.03. The van der Waals surface area contributed by atoms with E-state index in [1.807, 2.05) is 12.3 Å². The molecule has 0 spiro atoms. The topological polar surface area (TPSA) is 29.1 Å². The molecule has 1 N–H and O–H groups in total. The molecule has 0 saturated carbocycles. The Labute approximate surface area is 72.4 Å².